The summed E-state index contributed by atoms with van der Waals surface area (Å²) in [5.74, 6) is -0.293. The Morgan fingerprint density at radius 1 is 1.29 bits per heavy atom. The van der Waals surface area contributed by atoms with Crippen molar-refractivity contribution in [3.05, 3.63) is 59.2 Å². The molecule has 2 aromatic heterocycles. The topological polar surface area (TPSA) is 65.2 Å². The molecule has 4 nitrogen and oxygen atoms in total. The zero-order chi connectivity index (χ0) is 14.7. The Labute approximate surface area is 126 Å². The maximum absolute atomic E-state index is 12.0. The lowest BCUT2D eigenvalue weighted by Gasteiger charge is -2.02. The first-order chi connectivity index (χ1) is 10.2. The third kappa shape index (κ3) is 3.20. The largest absolute Gasteiger partial charge is 0.461 e. The Morgan fingerprint density at radius 3 is 3.00 bits per heavy atom. The third-order valence-electron chi connectivity index (χ3n) is 3.09. The van der Waals surface area contributed by atoms with Gasteiger partial charge >= 0.3 is 5.97 Å². The molecule has 0 bridgehead atoms. The first kappa shape index (κ1) is 13.6. The summed E-state index contributed by atoms with van der Waals surface area (Å²) in [6, 6.07) is 11.3. The van der Waals surface area contributed by atoms with Crippen LogP contribution in [0.3, 0.4) is 0 Å². The second-order valence-electron chi connectivity index (χ2n) is 4.66. The van der Waals surface area contributed by atoms with E-state index in [1.165, 1.54) is 11.3 Å². The van der Waals surface area contributed by atoms with Gasteiger partial charge < -0.3 is 10.5 Å². The maximum Gasteiger partial charge on any atom is 0.348 e. The molecule has 0 radical (unpaired) electrons. The smallest absolute Gasteiger partial charge is 0.348 e. The van der Waals surface area contributed by atoms with Crippen LogP contribution in [-0.2, 0) is 11.2 Å². The fraction of sp³-hybridized carbons (Fsp3) is 0.125. The van der Waals surface area contributed by atoms with Crippen molar-refractivity contribution in [3.8, 4) is 0 Å². The zero-order valence-corrected chi connectivity index (χ0v) is 12.1. The Bertz CT molecular complexity index is 768. The van der Waals surface area contributed by atoms with Crippen LogP contribution in [0.4, 0.5) is 5.69 Å². The molecule has 0 aliphatic heterocycles. The summed E-state index contributed by atoms with van der Waals surface area (Å²) < 4.78 is 6.34. The highest BCUT2D eigenvalue weighted by molar-refractivity contribution is 7.20. The first-order valence-electron chi connectivity index (χ1n) is 6.57. The summed E-state index contributed by atoms with van der Waals surface area (Å²) >= 11 is 1.42. The maximum atomic E-state index is 12.0. The van der Waals surface area contributed by atoms with Crippen LogP contribution in [0, 0.1) is 0 Å². The summed E-state index contributed by atoms with van der Waals surface area (Å²) in [7, 11) is 0. The highest BCUT2D eigenvalue weighted by atomic mass is 32.1. The molecule has 1 aromatic carbocycles. The van der Waals surface area contributed by atoms with E-state index in [-0.39, 0.29) is 5.97 Å². The molecule has 0 aliphatic rings. The third-order valence-corrected chi connectivity index (χ3v) is 4.18. The molecule has 21 heavy (non-hydrogen) atoms. The number of carbonyl (C=O) groups is 1. The molecule has 0 unspecified atom stereocenters. The van der Waals surface area contributed by atoms with Crippen LogP contribution in [0.5, 0.6) is 0 Å². The van der Waals surface area contributed by atoms with Crippen molar-refractivity contribution in [2.24, 2.45) is 0 Å². The van der Waals surface area contributed by atoms with Gasteiger partial charge in [0.25, 0.3) is 0 Å². The molecular formula is C16H14N2O2S. The van der Waals surface area contributed by atoms with Crippen LogP contribution in [0.15, 0.2) is 48.8 Å². The molecule has 2 heterocycles. The van der Waals surface area contributed by atoms with Crippen molar-refractivity contribution in [1.82, 2.24) is 4.98 Å². The van der Waals surface area contributed by atoms with Crippen molar-refractivity contribution in [2.75, 3.05) is 12.3 Å². The average molecular weight is 298 g/mol. The molecule has 2 N–H and O–H groups in total. The van der Waals surface area contributed by atoms with Crippen LogP contribution < -0.4 is 5.73 Å². The van der Waals surface area contributed by atoms with Gasteiger partial charge in [-0.3, -0.25) is 4.98 Å². The Morgan fingerprint density at radius 2 is 2.19 bits per heavy atom. The van der Waals surface area contributed by atoms with E-state index in [2.05, 4.69) is 4.98 Å². The number of pyridine rings is 1. The lowest BCUT2D eigenvalue weighted by atomic mass is 10.2. The predicted molar refractivity (Wildman–Crippen MR) is 84.5 cm³/mol. The van der Waals surface area contributed by atoms with E-state index in [1.807, 2.05) is 36.4 Å². The number of benzene rings is 1. The number of carbonyl (C=O) groups excluding carboxylic acids is 1. The van der Waals surface area contributed by atoms with Gasteiger partial charge in [-0.25, -0.2) is 4.79 Å². The van der Waals surface area contributed by atoms with Gasteiger partial charge in [0.1, 0.15) is 4.88 Å². The second-order valence-corrected chi connectivity index (χ2v) is 5.74. The Kier molecular flexibility index (Phi) is 3.83. The molecule has 3 rings (SSSR count). The summed E-state index contributed by atoms with van der Waals surface area (Å²) in [5, 5.41) is 0.971. The minimum Gasteiger partial charge on any atom is -0.461 e. The first-order valence-corrected chi connectivity index (χ1v) is 7.39. The van der Waals surface area contributed by atoms with Gasteiger partial charge in [-0.1, -0.05) is 6.07 Å². The molecule has 5 heteroatoms. The predicted octanol–water partition coefficient (Wildman–Crippen LogP) is 3.28. The lowest BCUT2D eigenvalue weighted by molar-refractivity contribution is 0.0515. The molecule has 3 aromatic rings. The van der Waals surface area contributed by atoms with E-state index in [1.54, 1.807) is 12.4 Å². The standard InChI is InChI=1S/C16H14N2O2S/c17-13-3-4-14-12(8-13)9-15(21-14)16(19)20-7-5-11-2-1-6-18-10-11/h1-4,6,8-10H,5,7,17H2. The van der Waals surface area contributed by atoms with Gasteiger partial charge in [-0.05, 0) is 41.3 Å². The molecule has 0 aliphatic carbocycles. The Hall–Kier alpha value is -2.40. The van der Waals surface area contributed by atoms with Crippen LogP contribution in [0.25, 0.3) is 10.1 Å². The quantitative estimate of drug-likeness (QED) is 0.593. The molecule has 0 amide bonds. The number of hydrogen-bond donors (Lipinski definition) is 1. The number of nitrogens with zero attached hydrogens (tertiary/aromatic N) is 1. The van der Waals surface area contributed by atoms with Gasteiger partial charge in [0, 0.05) is 29.2 Å². The van der Waals surface area contributed by atoms with E-state index >= 15 is 0 Å². The van der Waals surface area contributed by atoms with Crippen molar-refractivity contribution in [2.45, 2.75) is 6.42 Å². The summed E-state index contributed by atoms with van der Waals surface area (Å²) in [6.45, 7) is 0.348. The average Bonchev–Trinajstić information content (AvgIpc) is 2.91. The van der Waals surface area contributed by atoms with Crippen molar-refractivity contribution in [1.29, 1.82) is 0 Å². The molecule has 0 atom stereocenters. The number of esters is 1. The normalized spacial score (nSPS) is 10.7. The molecule has 0 saturated heterocycles. The van der Waals surface area contributed by atoms with Crippen LogP contribution in [0.1, 0.15) is 15.2 Å². The number of thiophene rings is 1. The minimum absolute atomic E-state index is 0.293. The molecule has 0 saturated carbocycles. The fourth-order valence-electron chi connectivity index (χ4n) is 2.04. The number of aromatic nitrogens is 1. The monoisotopic (exact) mass is 298 g/mol. The highest BCUT2D eigenvalue weighted by Crippen LogP contribution is 2.27. The molecule has 0 spiro atoms. The van der Waals surface area contributed by atoms with Gasteiger partial charge in [0.05, 0.1) is 6.61 Å². The lowest BCUT2D eigenvalue weighted by Crippen LogP contribution is -2.06. The SMILES string of the molecule is Nc1ccc2sc(C(=O)OCCc3cccnc3)cc2c1. The van der Waals surface area contributed by atoms with Crippen LogP contribution in [-0.4, -0.2) is 17.6 Å². The number of rotatable bonds is 4. The fourth-order valence-corrected chi connectivity index (χ4v) is 2.98. The minimum atomic E-state index is -0.293. The van der Waals surface area contributed by atoms with E-state index in [9.17, 15) is 4.79 Å². The summed E-state index contributed by atoms with van der Waals surface area (Å²) in [4.78, 5) is 16.7. The van der Waals surface area contributed by atoms with E-state index < -0.39 is 0 Å². The van der Waals surface area contributed by atoms with E-state index in [0.29, 0.717) is 23.6 Å². The zero-order valence-electron chi connectivity index (χ0n) is 11.3. The molecule has 0 fully saturated rings. The van der Waals surface area contributed by atoms with Gasteiger partial charge in [0.15, 0.2) is 0 Å². The van der Waals surface area contributed by atoms with E-state index in [4.69, 9.17) is 10.5 Å². The van der Waals surface area contributed by atoms with Crippen LogP contribution in [0.2, 0.25) is 0 Å². The van der Waals surface area contributed by atoms with Crippen LogP contribution >= 0.6 is 11.3 Å². The number of anilines is 1. The van der Waals surface area contributed by atoms with Gasteiger partial charge in [-0.15, -0.1) is 11.3 Å². The number of nitrogen functional groups attached to an aromatic ring is 1. The number of nitrogens with two attached hydrogens (primary N) is 1. The summed E-state index contributed by atoms with van der Waals surface area (Å²) in [6.07, 6.45) is 4.16. The summed E-state index contributed by atoms with van der Waals surface area (Å²) in [5.41, 5.74) is 7.48. The number of fused-ring (bicyclic) bond motifs is 1. The second kappa shape index (κ2) is 5.93. The van der Waals surface area contributed by atoms with Gasteiger partial charge in [-0.2, -0.15) is 0 Å². The number of ether oxygens (including phenoxy) is 1. The number of hydrogen-bond acceptors (Lipinski definition) is 5. The van der Waals surface area contributed by atoms with Crippen molar-refractivity contribution >= 4 is 33.1 Å². The molecular weight excluding hydrogens is 284 g/mol. The highest BCUT2D eigenvalue weighted by Gasteiger charge is 2.11. The Balaban J connectivity index is 1.64. The van der Waals surface area contributed by atoms with Gasteiger partial charge in [0.2, 0.25) is 0 Å². The van der Waals surface area contributed by atoms with Crippen molar-refractivity contribution < 1.29 is 9.53 Å². The van der Waals surface area contributed by atoms with Crippen molar-refractivity contribution in [3.63, 3.8) is 0 Å². The van der Waals surface area contributed by atoms with E-state index in [0.717, 1.165) is 15.6 Å². The molecule has 106 valence electrons.